The number of methoxy groups -OCH3 is 1. The van der Waals surface area contributed by atoms with Crippen molar-refractivity contribution in [2.24, 2.45) is 0 Å². The van der Waals surface area contributed by atoms with Gasteiger partial charge in [0.2, 0.25) is 0 Å². The van der Waals surface area contributed by atoms with Gasteiger partial charge in [0.1, 0.15) is 0 Å². The molecule has 122 valence electrons. The fourth-order valence-corrected chi connectivity index (χ4v) is 2.37. The van der Waals surface area contributed by atoms with Crippen molar-refractivity contribution in [3.8, 4) is 5.75 Å². The summed E-state index contributed by atoms with van der Waals surface area (Å²) in [5, 5.41) is 4.25. The third-order valence-electron chi connectivity index (χ3n) is 3.44. The van der Waals surface area contributed by atoms with Crippen LogP contribution in [0.4, 0.5) is 10.1 Å². The standard InChI is InChI=1S/C17H20FN3O2/c1-4-11-21-13(9-10-19-21)12-20(16(22)5-2)15-8-6-7-14(18)17(15)23-3/h5-10H,2,4,11-12H2,1,3H3. The van der Waals surface area contributed by atoms with E-state index in [2.05, 4.69) is 11.7 Å². The lowest BCUT2D eigenvalue weighted by molar-refractivity contribution is -0.114. The smallest absolute Gasteiger partial charge is 0.250 e. The largest absolute Gasteiger partial charge is 0.492 e. The molecule has 6 heteroatoms. The average Bonchev–Trinajstić information content (AvgIpc) is 2.99. The number of nitrogens with zero attached hydrogens (tertiary/aromatic N) is 3. The van der Waals surface area contributed by atoms with Crippen LogP contribution in [0.15, 0.2) is 43.1 Å². The highest BCUT2D eigenvalue weighted by molar-refractivity contribution is 6.02. The number of rotatable bonds is 7. The van der Waals surface area contributed by atoms with Crippen LogP contribution in [0.5, 0.6) is 5.75 Å². The average molecular weight is 317 g/mol. The number of para-hydroxylation sites is 1. The summed E-state index contributed by atoms with van der Waals surface area (Å²) < 4.78 is 20.9. The summed E-state index contributed by atoms with van der Waals surface area (Å²) in [4.78, 5) is 13.7. The zero-order valence-electron chi connectivity index (χ0n) is 13.3. The van der Waals surface area contributed by atoms with Crippen molar-refractivity contribution < 1.29 is 13.9 Å². The molecule has 1 amide bonds. The van der Waals surface area contributed by atoms with Gasteiger partial charge >= 0.3 is 0 Å². The number of aryl methyl sites for hydroxylation is 1. The van der Waals surface area contributed by atoms with Crippen LogP contribution in [0, 0.1) is 5.82 Å². The van der Waals surface area contributed by atoms with Gasteiger partial charge in [-0.2, -0.15) is 5.10 Å². The molecule has 2 aromatic rings. The van der Waals surface area contributed by atoms with Crippen LogP contribution < -0.4 is 9.64 Å². The van der Waals surface area contributed by atoms with Crippen LogP contribution in [0.3, 0.4) is 0 Å². The maximum atomic E-state index is 14.0. The molecule has 0 saturated heterocycles. The van der Waals surface area contributed by atoms with Crippen molar-refractivity contribution in [1.29, 1.82) is 0 Å². The summed E-state index contributed by atoms with van der Waals surface area (Å²) in [6.45, 7) is 6.58. The minimum Gasteiger partial charge on any atom is -0.492 e. The Bertz CT molecular complexity index is 697. The Morgan fingerprint density at radius 3 is 2.91 bits per heavy atom. The van der Waals surface area contributed by atoms with Crippen molar-refractivity contribution in [3.63, 3.8) is 0 Å². The van der Waals surface area contributed by atoms with Gasteiger partial charge in [-0.1, -0.05) is 19.6 Å². The molecule has 0 aliphatic carbocycles. The molecule has 1 aromatic heterocycles. The predicted molar refractivity (Wildman–Crippen MR) is 86.9 cm³/mol. The zero-order valence-corrected chi connectivity index (χ0v) is 13.3. The lowest BCUT2D eigenvalue weighted by atomic mass is 10.2. The van der Waals surface area contributed by atoms with E-state index in [-0.39, 0.29) is 18.2 Å². The number of carbonyl (C=O) groups excluding carboxylic acids is 1. The zero-order chi connectivity index (χ0) is 16.8. The van der Waals surface area contributed by atoms with Crippen molar-refractivity contribution >= 4 is 11.6 Å². The molecule has 0 aliphatic rings. The van der Waals surface area contributed by atoms with E-state index in [0.29, 0.717) is 5.69 Å². The first-order valence-corrected chi connectivity index (χ1v) is 7.39. The molecule has 0 unspecified atom stereocenters. The molecular weight excluding hydrogens is 297 g/mol. The normalized spacial score (nSPS) is 10.4. The molecule has 0 fully saturated rings. The van der Waals surface area contributed by atoms with Crippen molar-refractivity contribution in [2.75, 3.05) is 12.0 Å². The Morgan fingerprint density at radius 2 is 2.26 bits per heavy atom. The minimum absolute atomic E-state index is 0.0317. The van der Waals surface area contributed by atoms with Gasteiger partial charge < -0.3 is 4.74 Å². The summed E-state index contributed by atoms with van der Waals surface area (Å²) in [5.74, 6) is -0.823. The van der Waals surface area contributed by atoms with Crippen molar-refractivity contribution in [3.05, 3.63) is 54.6 Å². The molecule has 1 heterocycles. The Labute approximate surface area is 135 Å². The second kappa shape index (κ2) is 7.58. The van der Waals surface area contributed by atoms with Crippen LogP contribution in [-0.2, 0) is 17.9 Å². The van der Waals surface area contributed by atoms with Gasteiger partial charge in [0.05, 0.1) is 25.0 Å². The van der Waals surface area contributed by atoms with E-state index < -0.39 is 5.82 Å². The first kappa shape index (κ1) is 16.7. The number of aromatic nitrogens is 2. The Morgan fingerprint density at radius 1 is 1.48 bits per heavy atom. The molecular formula is C17H20FN3O2. The fraction of sp³-hybridized carbons (Fsp3) is 0.294. The first-order valence-electron chi connectivity index (χ1n) is 7.39. The maximum Gasteiger partial charge on any atom is 0.250 e. The van der Waals surface area contributed by atoms with E-state index >= 15 is 0 Å². The van der Waals surface area contributed by atoms with Gasteiger partial charge in [-0.15, -0.1) is 0 Å². The van der Waals surface area contributed by atoms with Crippen LogP contribution in [0.25, 0.3) is 0 Å². The number of hydrogen-bond donors (Lipinski definition) is 0. The van der Waals surface area contributed by atoms with Gasteiger partial charge in [-0.05, 0) is 30.7 Å². The number of anilines is 1. The highest BCUT2D eigenvalue weighted by atomic mass is 19.1. The monoisotopic (exact) mass is 317 g/mol. The van der Waals surface area contributed by atoms with E-state index in [4.69, 9.17) is 4.74 Å². The molecule has 0 spiro atoms. The number of hydrogen-bond acceptors (Lipinski definition) is 3. The van der Waals surface area contributed by atoms with Crippen molar-refractivity contribution in [2.45, 2.75) is 26.4 Å². The third-order valence-corrected chi connectivity index (χ3v) is 3.44. The summed E-state index contributed by atoms with van der Waals surface area (Å²) in [6, 6.07) is 6.31. The summed E-state index contributed by atoms with van der Waals surface area (Å²) in [5.41, 5.74) is 1.22. The van der Waals surface area contributed by atoms with E-state index in [9.17, 15) is 9.18 Å². The summed E-state index contributed by atoms with van der Waals surface area (Å²) in [6.07, 6.45) is 3.81. The molecule has 0 radical (unpaired) electrons. The number of halogens is 1. The van der Waals surface area contributed by atoms with E-state index in [1.54, 1.807) is 18.3 Å². The highest BCUT2D eigenvalue weighted by Crippen LogP contribution is 2.32. The van der Waals surface area contributed by atoms with Crippen LogP contribution >= 0.6 is 0 Å². The molecule has 0 N–H and O–H groups in total. The molecule has 0 aliphatic heterocycles. The topological polar surface area (TPSA) is 47.4 Å². The lowest BCUT2D eigenvalue weighted by Gasteiger charge is -2.24. The number of ether oxygens (including phenoxy) is 1. The van der Waals surface area contributed by atoms with Crippen molar-refractivity contribution in [1.82, 2.24) is 9.78 Å². The maximum absolute atomic E-state index is 14.0. The molecule has 23 heavy (non-hydrogen) atoms. The molecule has 0 bridgehead atoms. The first-order chi connectivity index (χ1) is 11.1. The van der Waals surface area contributed by atoms with Crippen LogP contribution in [0.1, 0.15) is 19.0 Å². The summed E-state index contributed by atoms with van der Waals surface area (Å²) in [7, 11) is 1.37. The SMILES string of the molecule is C=CC(=O)N(Cc1ccnn1CCC)c1cccc(F)c1OC. The number of carbonyl (C=O) groups is 1. The van der Waals surface area contributed by atoms with Gasteiger partial charge in [0.25, 0.3) is 5.91 Å². The Hall–Kier alpha value is -2.63. The van der Waals surface area contributed by atoms with Crippen LogP contribution in [0.2, 0.25) is 0 Å². The molecule has 0 saturated carbocycles. The van der Waals surface area contributed by atoms with Gasteiger partial charge in [-0.3, -0.25) is 14.4 Å². The number of amides is 1. The van der Waals surface area contributed by atoms with Crippen LogP contribution in [-0.4, -0.2) is 22.8 Å². The Balaban J connectivity index is 2.42. The minimum atomic E-state index is -0.520. The quantitative estimate of drug-likeness (QED) is 0.737. The molecule has 1 aromatic carbocycles. The summed E-state index contributed by atoms with van der Waals surface area (Å²) >= 11 is 0. The number of benzene rings is 1. The highest BCUT2D eigenvalue weighted by Gasteiger charge is 2.21. The van der Waals surface area contributed by atoms with Gasteiger partial charge in [-0.25, -0.2) is 4.39 Å². The molecule has 2 rings (SSSR count). The second-order valence-corrected chi connectivity index (χ2v) is 4.97. The second-order valence-electron chi connectivity index (χ2n) is 4.97. The third kappa shape index (κ3) is 3.59. The fourth-order valence-electron chi connectivity index (χ4n) is 2.37. The van der Waals surface area contributed by atoms with E-state index in [0.717, 1.165) is 18.7 Å². The van der Waals surface area contributed by atoms with E-state index in [1.807, 2.05) is 17.7 Å². The molecule has 5 nitrogen and oxygen atoms in total. The van der Waals surface area contributed by atoms with E-state index in [1.165, 1.54) is 24.2 Å². The molecule has 0 atom stereocenters. The predicted octanol–water partition coefficient (Wildman–Crippen LogP) is 3.16. The lowest BCUT2D eigenvalue weighted by Crippen LogP contribution is -2.30. The Kier molecular flexibility index (Phi) is 5.51. The van der Waals surface area contributed by atoms with Gasteiger partial charge in [0.15, 0.2) is 11.6 Å². The van der Waals surface area contributed by atoms with Gasteiger partial charge in [0, 0.05) is 12.7 Å².